The van der Waals surface area contributed by atoms with Crippen LogP contribution in [0.2, 0.25) is 0 Å². The van der Waals surface area contributed by atoms with E-state index in [1.807, 2.05) is 0 Å². The highest BCUT2D eigenvalue weighted by Gasteiger charge is 2.33. The minimum absolute atomic E-state index is 0.0110. The van der Waals surface area contributed by atoms with E-state index in [4.69, 9.17) is 0 Å². The van der Waals surface area contributed by atoms with Crippen molar-refractivity contribution in [2.45, 2.75) is 18.7 Å². The maximum Gasteiger partial charge on any atom is 0.321 e. The second-order valence-electron chi connectivity index (χ2n) is 4.19. The number of carbonyl (C=O) groups is 1. The molecule has 0 fully saturated rings. The van der Waals surface area contributed by atoms with E-state index in [2.05, 4.69) is 4.74 Å². The SMILES string of the molecule is CCN(CC(=O)OC)S(=O)(=O)c1c(C)cccc1[N+](=O)[O-]. The Kier molecular flexibility index (Phi) is 5.39. The molecule has 0 aliphatic carbocycles. The fourth-order valence-electron chi connectivity index (χ4n) is 1.82. The molecule has 0 spiro atoms. The number of nitrogens with zero attached hydrogens (tertiary/aromatic N) is 2. The summed E-state index contributed by atoms with van der Waals surface area (Å²) in [4.78, 5) is 21.2. The van der Waals surface area contributed by atoms with Gasteiger partial charge in [0, 0.05) is 12.6 Å². The Hall–Kier alpha value is -2.00. The molecule has 1 aromatic carbocycles. The molecule has 0 radical (unpaired) electrons. The zero-order chi connectivity index (χ0) is 16.2. The second kappa shape index (κ2) is 6.64. The number of esters is 1. The number of benzene rings is 1. The molecular formula is C12H16N2O6S. The Morgan fingerprint density at radius 2 is 2.05 bits per heavy atom. The first-order valence-corrected chi connectivity index (χ1v) is 7.50. The van der Waals surface area contributed by atoms with E-state index in [9.17, 15) is 23.3 Å². The highest BCUT2D eigenvalue weighted by Crippen LogP contribution is 2.29. The maximum atomic E-state index is 12.6. The van der Waals surface area contributed by atoms with E-state index in [0.29, 0.717) is 0 Å². The molecule has 0 aliphatic rings. The molecule has 21 heavy (non-hydrogen) atoms. The van der Waals surface area contributed by atoms with Crippen LogP contribution in [0.15, 0.2) is 23.1 Å². The fourth-order valence-corrected chi connectivity index (χ4v) is 3.58. The summed E-state index contributed by atoms with van der Waals surface area (Å²) in [5.74, 6) is -0.739. The third-order valence-corrected chi connectivity index (χ3v) is 4.99. The van der Waals surface area contributed by atoms with Gasteiger partial charge in [-0.15, -0.1) is 0 Å². The van der Waals surface area contributed by atoms with Crippen molar-refractivity contribution in [2.75, 3.05) is 20.2 Å². The van der Waals surface area contributed by atoms with Crippen LogP contribution in [-0.2, 0) is 19.6 Å². The lowest BCUT2D eigenvalue weighted by molar-refractivity contribution is -0.387. The number of methoxy groups -OCH3 is 1. The topological polar surface area (TPSA) is 107 Å². The minimum atomic E-state index is -4.17. The van der Waals surface area contributed by atoms with Crippen LogP contribution in [0.4, 0.5) is 5.69 Å². The van der Waals surface area contributed by atoms with Crippen LogP contribution in [0.5, 0.6) is 0 Å². The van der Waals surface area contributed by atoms with Crippen molar-refractivity contribution in [2.24, 2.45) is 0 Å². The smallest absolute Gasteiger partial charge is 0.321 e. The third kappa shape index (κ3) is 3.56. The highest BCUT2D eigenvalue weighted by atomic mass is 32.2. The third-order valence-electron chi connectivity index (χ3n) is 2.87. The molecule has 0 amide bonds. The number of aryl methyl sites for hydroxylation is 1. The molecule has 116 valence electrons. The van der Waals surface area contributed by atoms with E-state index in [0.717, 1.165) is 17.5 Å². The van der Waals surface area contributed by atoms with Crippen molar-refractivity contribution >= 4 is 21.7 Å². The molecule has 0 atom stereocenters. The average molecular weight is 316 g/mol. The molecule has 9 heteroatoms. The van der Waals surface area contributed by atoms with Crippen LogP contribution < -0.4 is 0 Å². The lowest BCUT2D eigenvalue weighted by atomic mass is 10.2. The van der Waals surface area contributed by atoms with Crippen LogP contribution in [0, 0.1) is 17.0 Å². The molecule has 0 unspecified atom stereocenters. The van der Waals surface area contributed by atoms with E-state index in [1.165, 1.54) is 26.0 Å². The van der Waals surface area contributed by atoms with Crippen LogP contribution in [-0.4, -0.2) is 43.8 Å². The lowest BCUT2D eigenvalue weighted by Gasteiger charge is -2.20. The van der Waals surface area contributed by atoms with E-state index < -0.39 is 38.0 Å². The summed E-state index contributed by atoms with van der Waals surface area (Å²) in [6, 6.07) is 3.99. The lowest BCUT2D eigenvalue weighted by Crippen LogP contribution is -2.36. The molecule has 0 aliphatic heterocycles. The molecule has 0 saturated carbocycles. The number of carbonyl (C=O) groups excluding carboxylic acids is 1. The van der Waals surface area contributed by atoms with Gasteiger partial charge in [-0.1, -0.05) is 19.1 Å². The summed E-state index contributed by atoms with van der Waals surface area (Å²) >= 11 is 0. The van der Waals surface area contributed by atoms with Gasteiger partial charge in [0.15, 0.2) is 4.90 Å². The minimum Gasteiger partial charge on any atom is -0.468 e. The maximum absolute atomic E-state index is 12.6. The summed E-state index contributed by atoms with van der Waals surface area (Å²) < 4.78 is 30.4. The van der Waals surface area contributed by atoms with Gasteiger partial charge in [0.05, 0.1) is 12.0 Å². The van der Waals surface area contributed by atoms with Crippen LogP contribution >= 0.6 is 0 Å². The normalized spacial score (nSPS) is 11.4. The van der Waals surface area contributed by atoms with Crippen molar-refractivity contribution < 1.29 is 22.9 Å². The van der Waals surface area contributed by atoms with Crippen molar-refractivity contribution in [1.29, 1.82) is 0 Å². The van der Waals surface area contributed by atoms with Crippen LogP contribution in [0.25, 0.3) is 0 Å². The zero-order valence-electron chi connectivity index (χ0n) is 11.9. The number of ether oxygens (including phenoxy) is 1. The number of sulfonamides is 1. The van der Waals surface area contributed by atoms with Crippen molar-refractivity contribution in [3.63, 3.8) is 0 Å². The van der Waals surface area contributed by atoms with Gasteiger partial charge in [0.1, 0.15) is 6.54 Å². The number of nitro groups is 1. The van der Waals surface area contributed by atoms with Crippen molar-refractivity contribution in [3.05, 3.63) is 33.9 Å². The molecule has 0 aromatic heterocycles. The Bertz CT molecular complexity index is 656. The van der Waals surface area contributed by atoms with Crippen molar-refractivity contribution in [3.8, 4) is 0 Å². The number of hydrogen-bond acceptors (Lipinski definition) is 6. The van der Waals surface area contributed by atoms with Gasteiger partial charge >= 0.3 is 5.97 Å². The second-order valence-corrected chi connectivity index (χ2v) is 6.06. The van der Waals surface area contributed by atoms with E-state index in [-0.39, 0.29) is 12.1 Å². The van der Waals surface area contributed by atoms with Gasteiger partial charge in [-0.25, -0.2) is 8.42 Å². The van der Waals surface area contributed by atoms with Gasteiger partial charge < -0.3 is 4.74 Å². The molecule has 0 bridgehead atoms. The Balaban J connectivity index is 3.42. The summed E-state index contributed by atoms with van der Waals surface area (Å²) in [6.07, 6.45) is 0. The predicted molar refractivity (Wildman–Crippen MR) is 74.3 cm³/mol. The highest BCUT2D eigenvalue weighted by molar-refractivity contribution is 7.89. The quantitative estimate of drug-likeness (QED) is 0.441. The van der Waals surface area contributed by atoms with Crippen LogP contribution in [0.3, 0.4) is 0 Å². The molecule has 1 aromatic rings. The van der Waals surface area contributed by atoms with Crippen LogP contribution in [0.1, 0.15) is 12.5 Å². The number of likely N-dealkylation sites (N-methyl/N-ethyl adjacent to an activating group) is 1. The van der Waals surface area contributed by atoms with Gasteiger partial charge in [-0.3, -0.25) is 14.9 Å². The van der Waals surface area contributed by atoms with Gasteiger partial charge in [-0.05, 0) is 12.5 Å². The Morgan fingerprint density at radius 1 is 1.43 bits per heavy atom. The summed E-state index contributed by atoms with van der Waals surface area (Å²) in [5, 5.41) is 11.0. The monoisotopic (exact) mass is 316 g/mol. The molecule has 0 saturated heterocycles. The molecule has 0 heterocycles. The number of nitro benzene ring substituents is 1. The molecule has 1 rings (SSSR count). The van der Waals surface area contributed by atoms with E-state index in [1.54, 1.807) is 0 Å². The van der Waals surface area contributed by atoms with E-state index >= 15 is 0 Å². The molecular weight excluding hydrogens is 300 g/mol. The van der Waals surface area contributed by atoms with Gasteiger partial charge in [0.2, 0.25) is 0 Å². The standard InChI is InChI=1S/C12H16N2O6S/c1-4-13(8-11(15)20-3)21(18,19)12-9(2)6-5-7-10(12)14(16)17/h5-7H,4,8H2,1-3H3. The van der Waals surface area contributed by atoms with Crippen molar-refractivity contribution in [1.82, 2.24) is 4.31 Å². The Morgan fingerprint density at radius 3 is 2.52 bits per heavy atom. The first-order valence-electron chi connectivity index (χ1n) is 6.06. The summed E-state index contributed by atoms with van der Waals surface area (Å²) in [6.45, 7) is 2.49. The zero-order valence-corrected chi connectivity index (χ0v) is 12.7. The Labute approximate surface area is 122 Å². The first-order chi connectivity index (χ1) is 9.75. The van der Waals surface area contributed by atoms with Gasteiger partial charge in [0.25, 0.3) is 15.7 Å². The number of rotatable bonds is 6. The molecule has 0 N–H and O–H groups in total. The fraction of sp³-hybridized carbons (Fsp3) is 0.417. The average Bonchev–Trinajstić information content (AvgIpc) is 2.43. The molecule has 8 nitrogen and oxygen atoms in total. The number of hydrogen-bond donors (Lipinski definition) is 0. The first kappa shape index (κ1) is 17.1. The summed E-state index contributed by atoms with van der Waals surface area (Å²) in [5.41, 5.74) is -0.272. The van der Waals surface area contributed by atoms with Gasteiger partial charge in [-0.2, -0.15) is 4.31 Å². The predicted octanol–water partition coefficient (Wildman–Crippen LogP) is 1.09. The summed E-state index contributed by atoms with van der Waals surface area (Å²) in [7, 11) is -3.03. The largest absolute Gasteiger partial charge is 0.468 e.